The molecule has 0 saturated carbocycles. The van der Waals surface area contributed by atoms with Gasteiger partial charge in [0.15, 0.2) is 0 Å². The van der Waals surface area contributed by atoms with E-state index in [9.17, 15) is 4.79 Å². The standard InChI is InChI=1S/C14H16N6OS/c1-9(2)13(6-20-8-15-7-16-20)17-14(21)10-3-4-11-12(5-10)19-22-18-11/h3-5,7-9,13H,6H2,1-2H3,(H,17,21)/t13-/m0/s1. The number of carbonyl (C=O) groups is 1. The van der Waals surface area contributed by atoms with Crippen LogP contribution in [-0.4, -0.2) is 35.5 Å². The van der Waals surface area contributed by atoms with Gasteiger partial charge in [-0.2, -0.15) is 13.8 Å². The number of amides is 1. The first kappa shape index (κ1) is 14.6. The highest BCUT2D eigenvalue weighted by atomic mass is 32.1. The van der Waals surface area contributed by atoms with Crippen LogP contribution in [0.3, 0.4) is 0 Å². The summed E-state index contributed by atoms with van der Waals surface area (Å²) in [4.78, 5) is 16.4. The molecule has 8 heteroatoms. The van der Waals surface area contributed by atoms with E-state index in [4.69, 9.17) is 0 Å². The number of carbonyl (C=O) groups excluding carboxylic acids is 1. The molecule has 0 aliphatic rings. The Kier molecular flexibility index (Phi) is 4.10. The van der Waals surface area contributed by atoms with E-state index in [2.05, 4.69) is 38.0 Å². The Balaban J connectivity index is 1.75. The summed E-state index contributed by atoms with van der Waals surface area (Å²) in [5.74, 6) is 0.159. The largest absolute Gasteiger partial charge is 0.347 e. The first-order valence-electron chi connectivity index (χ1n) is 6.99. The number of fused-ring (bicyclic) bond motifs is 1. The monoisotopic (exact) mass is 316 g/mol. The highest BCUT2D eigenvalue weighted by Gasteiger charge is 2.18. The summed E-state index contributed by atoms with van der Waals surface area (Å²) in [6, 6.07) is 5.32. The Morgan fingerprint density at radius 1 is 1.32 bits per heavy atom. The molecule has 1 N–H and O–H groups in total. The van der Waals surface area contributed by atoms with Crippen molar-refractivity contribution in [3.05, 3.63) is 36.4 Å². The molecule has 0 fully saturated rings. The minimum absolute atomic E-state index is 0.0292. The summed E-state index contributed by atoms with van der Waals surface area (Å²) < 4.78 is 10.0. The van der Waals surface area contributed by atoms with Gasteiger partial charge in [0, 0.05) is 5.56 Å². The lowest BCUT2D eigenvalue weighted by molar-refractivity contribution is 0.0919. The lowest BCUT2D eigenvalue weighted by Gasteiger charge is -2.22. The van der Waals surface area contributed by atoms with Gasteiger partial charge in [-0.05, 0) is 24.1 Å². The molecule has 0 aliphatic carbocycles. The molecule has 1 amide bonds. The van der Waals surface area contributed by atoms with Gasteiger partial charge in [-0.3, -0.25) is 9.48 Å². The van der Waals surface area contributed by atoms with Crippen molar-refractivity contribution in [2.75, 3.05) is 0 Å². The summed E-state index contributed by atoms with van der Waals surface area (Å²) in [7, 11) is 0. The molecule has 3 aromatic rings. The van der Waals surface area contributed by atoms with E-state index in [0.29, 0.717) is 12.1 Å². The third-order valence-electron chi connectivity index (χ3n) is 3.49. The van der Waals surface area contributed by atoms with Crippen molar-refractivity contribution >= 4 is 28.7 Å². The minimum atomic E-state index is -0.117. The highest BCUT2D eigenvalue weighted by molar-refractivity contribution is 7.00. The van der Waals surface area contributed by atoms with Gasteiger partial charge in [-0.15, -0.1) is 0 Å². The quantitative estimate of drug-likeness (QED) is 0.775. The van der Waals surface area contributed by atoms with Crippen LogP contribution in [0.2, 0.25) is 0 Å². The maximum absolute atomic E-state index is 12.5. The highest BCUT2D eigenvalue weighted by Crippen LogP contribution is 2.14. The van der Waals surface area contributed by atoms with Gasteiger partial charge in [0.05, 0.1) is 24.3 Å². The predicted octanol–water partition coefficient (Wildman–Crippen LogP) is 1.74. The van der Waals surface area contributed by atoms with Crippen molar-refractivity contribution in [1.82, 2.24) is 28.8 Å². The van der Waals surface area contributed by atoms with Crippen molar-refractivity contribution in [3.63, 3.8) is 0 Å². The third kappa shape index (κ3) is 3.11. The molecule has 0 aliphatic heterocycles. The van der Waals surface area contributed by atoms with Gasteiger partial charge in [-0.25, -0.2) is 4.98 Å². The fraction of sp³-hybridized carbons (Fsp3) is 0.357. The summed E-state index contributed by atoms with van der Waals surface area (Å²) in [6.45, 7) is 4.72. The zero-order chi connectivity index (χ0) is 15.5. The predicted molar refractivity (Wildman–Crippen MR) is 83.5 cm³/mol. The Morgan fingerprint density at radius 3 is 2.86 bits per heavy atom. The molecule has 1 aromatic carbocycles. The van der Waals surface area contributed by atoms with Crippen LogP contribution in [0.1, 0.15) is 24.2 Å². The van der Waals surface area contributed by atoms with Crippen LogP contribution in [0.4, 0.5) is 0 Å². The molecule has 22 heavy (non-hydrogen) atoms. The van der Waals surface area contributed by atoms with E-state index >= 15 is 0 Å². The average molecular weight is 316 g/mol. The van der Waals surface area contributed by atoms with Crippen LogP contribution >= 0.6 is 11.7 Å². The summed E-state index contributed by atoms with van der Waals surface area (Å²) in [5, 5.41) is 7.15. The number of hydrogen-bond donors (Lipinski definition) is 1. The van der Waals surface area contributed by atoms with Gasteiger partial charge in [0.25, 0.3) is 5.91 Å². The van der Waals surface area contributed by atoms with E-state index in [-0.39, 0.29) is 17.9 Å². The zero-order valence-corrected chi connectivity index (χ0v) is 13.1. The molecule has 114 valence electrons. The smallest absolute Gasteiger partial charge is 0.251 e. The maximum atomic E-state index is 12.5. The van der Waals surface area contributed by atoms with E-state index in [0.717, 1.165) is 22.8 Å². The topological polar surface area (TPSA) is 85.6 Å². The van der Waals surface area contributed by atoms with Crippen LogP contribution in [0, 0.1) is 5.92 Å². The second kappa shape index (κ2) is 6.18. The maximum Gasteiger partial charge on any atom is 0.251 e. The Bertz CT molecular complexity index is 767. The molecule has 3 rings (SSSR count). The summed E-state index contributed by atoms with van der Waals surface area (Å²) in [5.41, 5.74) is 2.14. The van der Waals surface area contributed by atoms with Gasteiger partial charge in [0.2, 0.25) is 0 Å². The molecule has 7 nitrogen and oxygen atoms in total. The van der Waals surface area contributed by atoms with Gasteiger partial charge in [0.1, 0.15) is 23.7 Å². The molecule has 1 atom stereocenters. The lowest BCUT2D eigenvalue weighted by Crippen LogP contribution is -2.41. The van der Waals surface area contributed by atoms with E-state index in [1.54, 1.807) is 23.1 Å². The molecular weight excluding hydrogens is 300 g/mol. The number of hydrogen-bond acceptors (Lipinski definition) is 6. The minimum Gasteiger partial charge on any atom is -0.347 e. The fourth-order valence-electron chi connectivity index (χ4n) is 2.13. The Labute approximate surface area is 131 Å². The van der Waals surface area contributed by atoms with E-state index in [1.165, 1.54) is 6.33 Å². The number of aromatic nitrogens is 5. The molecule has 2 heterocycles. The Morgan fingerprint density at radius 2 is 2.14 bits per heavy atom. The molecular formula is C14H16N6OS. The van der Waals surface area contributed by atoms with Crippen molar-refractivity contribution in [2.24, 2.45) is 5.92 Å². The summed E-state index contributed by atoms with van der Waals surface area (Å²) in [6.07, 6.45) is 3.14. The number of nitrogens with zero attached hydrogens (tertiary/aromatic N) is 5. The second-order valence-corrected chi connectivity index (χ2v) is 5.94. The average Bonchev–Trinajstić information content (AvgIpc) is 3.16. The van der Waals surface area contributed by atoms with Crippen molar-refractivity contribution in [3.8, 4) is 0 Å². The number of benzene rings is 1. The zero-order valence-electron chi connectivity index (χ0n) is 12.3. The van der Waals surface area contributed by atoms with Crippen LogP contribution in [0.5, 0.6) is 0 Å². The van der Waals surface area contributed by atoms with Crippen LogP contribution in [0.15, 0.2) is 30.9 Å². The first-order valence-corrected chi connectivity index (χ1v) is 7.72. The SMILES string of the molecule is CC(C)[C@H](Cn1cncn1)NC(=O)c1ccc2nsnc2c1. The van der Waals surface area contributed by atoms with Crippen LogP contribution in [-0.2, 0) is 6.54 Å². The number of nitrogens with one attached hydrogen (secondary N) is 1. The molecule has 0 radical (unpaired) electrons. The van der Waals surface area contributed by atoms with Crippen molar-refractivity contribution in [1.29, 1.82) is 0 Å². The lowest BCUT2D eigenvalue weighted by atomic mass is 10.0. The molecule has 0 spiro atoms. The van der Waals surface area contributed by atoms with Crippen LogP contribution in [0.25, 0.3) is 11.0 Å². The van der Waals surface area contributed by atoms with E-state index < -0.39 is 0 Å². The molecule has 2 aromatic heterocycles. The molecule has 0 saturated heterocycles. The normalized spacial score (nSPS) is 12.7. The molecule has 0 bridgehead atoms. The van der Waals surface area contributed by atoms with Crippen molar-refractivity contribution < 1.29 is 4.79 Å². The van der Waals surface area contributed by atoms with Crippen LogP contribution < -0.4 is 5.32 Å². The second-order valence-electron chi connectivity index (χ2n) is 5.41. The van der Waals surface area contributed by atoms with Crippen molar-refractivity contribution in [2.45, 2.75) is 26.4 Å². The first-order chi connectivity index (χ1) is 10.6. The number of rotatable bonds is 5. The van der Waals surface area contributed by atoms with E-state index in [1.807, 2.05) is 6.07 Å². The van der Waals surface area contributed by atoms with Gasteiger partial charge < -0.3 is 5.32 Å². The third-order valence-corrected chi connectivity index (χ3v) is 4.04. The summed E-state index contributed by atoms with van der Waals surface area (Å²) >= 11 is 1.14. The van der Waals surface area contributed by atoms with Gasteiger partial charge in [-0.1, -0.05) is 13.8 Å². The molecule has 0 unspecified atom stereocenters. The fourth-order valence-corrected chi connectivity index (χ4v) is 2.64. The van der Waals surface area contributed by atoms with Gasteiger partial charge >= 0.3 is 0 Å². The Hall–Kier alpha value is -2.35.